The maximum atomic E-state index is 9.52. The molecule has 0 atom stereocenters. The van der Waals surface area contributed by atoms with Gasteiger partial charge >= 0.3 is 0 Å². The summed E-state index contributed by atoms with van der Waals surface area (Å²) in [5.41, 5.74) is 3.74. The van der Waals surface area contributed by atoms with E-state index in [1.165, 1.54) is 0 Å². The first-order valence-corrected chi connectivity index (χ1v) is 6.83. The van der Waals surface area contributed by atoms with Crippen molar-refractivity contribution >= 4 is 26.8 Å². The minimum atomic E-state index is 0.0204. The van der Waals surface area contributed by atoms with Crippen LogP contribution in [0.1, 0.15) is 5.56 Å². The Bertz CT molecular complexity index is 722. The fraction of sp³-hybridized carbons (Fsp3) is 0.0625. The highest BCUT2D eigenvalue weighted by molar-refractivity contribution is 9.10. The molecule has 19 heavy (non-hydrogen) atoms. The summed E-state index contributed by atoms with van der Waals surface area (Å²) >= 11 is 3.43. The highest BCUT2D eigenvalue weighted by atomic mass is 79.9. The van der Waals surface area contributed by atoms with Gasteiger partial charge in [-0.3, -0.25) is 0 Å². The number of fused-ring (bicyclic) bond motifs is 1. The monoisotopic (exact) mass is 313 g/mol. The smallest absolute Gasteiger partial charge is 0.0713 e. The Morgan fingerprint density at radius 1 is 1.00 bits per heavy atom. The lowest BCUT2D eigenvalue weighted by atomic mass is 10.0. The minimum Gasteiger partial charge on any atom is -0.392 e. The summed E-state index contributed by atoms with van der Waals surface area (Å²) in [6.45, 7) is 0.0204. The van der Waals surface area contributed by atoms with Gasteiger partial charge in [0.05, 0.1) is 17.8 Å². The van der Waals surface area contributed by atoms with Crippen LogP contribution in [-0.2, 0) is 6.61 Å². The Hall–Kier alpha value is -1.71. The Morgan fingerprint density at radius 2 is 1.74 bits per heavy atom. The highest BCUT2D eigenvalue weighted by Crippen LogP contribution is 2.25. The largest absolute Gasteiger partial charge is 0.392 e. The molecular formula is C16H12BrNO. The molecule has 0 saturated heterocycles. The average Bonchev–Trinajstić information content (AvgIpc) is 2.47. The van der Waals surface area contributed by atoms with Crippen LogP contribution in [-0.4, -0.2) is 10.1 Å². The summed E-state index contributed by atoms with van der Waals surface area (Å²) < 4.78 is 1.04. The van der Waals surface area contributed by atoms with E-state index < -0.39 is 0 Å². The molecule has 3 rings (SSSR count). The molecular weight excluding hydrogens is 302 g/mol. The van der Waals surface area contributed by atoms with Gasteiger partial charge in [0.1, 0.15) is 0 Å². The molecule has 0 spiro atoms. The second kappa shape index (κ2) is 5.11. The second-order valence-corrected chi connectivity index (χ2v) is 5.26. The molecule has 2 aromatic carbocycles. The number of aliphatic hydroxyl groups is 1. The molecule has 0 radical (unpaired) electrons. The van der Waals surface area contributed by atoms with Crippen LogP contribution in [0.4, 0.5) is 0 Å². The molecule has 0 aliphatic carbocycles. The molecule has 3 heteroatoms. The zero-order valence-electron chi connectivity index (χ0n) is 10.2. The van der Waals surface area contributed by atoms with Gasteiger partial charge < -0.3 is 5.11 Å². The van der Waals surface area contributed by atoms with Gasteiger partial charge in [-0.15, -0.1) is 0 Å². The standard InChI is InChI=1S/C16H12BrNO/c17-13-7-5-11(6-8-13)16-9-12(10-19)14-3-1-2-4-15(14)18-16/h1-9,19H,10H2. The van der Waals surface area contributed by atoms with Crippen molar-refractivity contribution in [2.75, 3.05) is 0 Å². The predicted molar refractivity (Wildman–Crippen MR) is 80.8 cm³/mol. The van der Waals surface area contributed by atoms with Crippen LogP contribution in [0.2, 0.25) is 0 Å². The Morgan fingerprint density at radius 3 is 2.47 bits per heavy atom. The molecule has 0 fully saturated rings. The maximum absolute atomic E-state index is 9.52. The first-order chi connectivity index (χ1) is 9.28. The lowest BCUT2D eigenvalue weighted by Crippen LogP contribution is -1.92. The molecule has 1 aromatic heterocycles. The van der Waals surface area contributed by atoms with Gasteiger partial charge in [0.25, 0.3) is 0 Å². The fourth-order valence-corrected chi connectivity index (χ4v) is 2.41. The van der Waals surface area contributed by atoms with Crippen molar-refractivity contribution in [1.29, 1.82) is 0 Å². The lowest BCUT2D eigenvalue weighted by molar-refractivity contribution is 0.283. The van der Waals surface area contributed by atoms with Crippen LogP contribution in [0.15, 0.2) is 59.1 Å². The number of nitrogens with zero attached hydrogens (tertiary/aromatic N) is 1. The molecule has 0 aliphatic heterocycles. The summed E-state index contributed by atoms with van der Waals surface area (Å²) in [6, 6.07) is 17.8. The number of hydrogen-bond donors (Lipinski definition) is 1. The molecule has 0 bridgehead atoms. The van der Waals surface area contributed by atoms with E-state index in [0.717, 1.165) is 32.2 Å². The number of halogens is 1. The van der Waals surface area contributed by atoms with Crippen LogP contribution in [0, 0.1) is 0 Å². The topological polar surface area (TPSA) is 33.1 Å². The van der Waals surface area contributed by atoms with E-state index in [-0.39, 0.29) is 6.61 Å². The van der Waals surface area contributed by atoms with Crippen LogP contribution in [0.3, 0.4) is 0 Å². The number of pyridine rings is 1. The van der Waals surface area contributed by atoms with Gasteiger partial charge in [-0.05, 0) is 29.8 Å². The molecule has 0 unspecified atom stereocenters. The van der Waals surface area contributed by atoms with Crippen molar-refractivity contribution < 1.29 is 5.11 Å². The van der Waals surface area contributed by atoms with Crippen LogP contribution >= 0.6 is 15.9 Å². The Labute approximate surface area is 119 Å². The van der Waals surface area contributed by atoms with Crippen molar-refractivity contribution in [2.45, 2.75) is 6.61 Å². The van der Waals surface area contributed by atoms with Crippen LogP contribution in [0.5, 0.6) is 0 Å². The zero-order chi connectivity index (χ0) is 13.2. The first kappa shape index (κ1) is 12.3. The SMILES string of the molecule is OCc1cc(-c2ccc(Br)cc2)nc2ccccc12. The van der Waals surface area contributed by atoms with Crippen molar-refractivity contribution in [3.63, 3.8) is 0 Å². The lowest BCUT2D eigenvalue weighted by Gasteiger charge is -2.08. The summed E-state index contributed by atoms with van der Waals surface area (Å²) in [6.07, 6.45) is 0. The number of aromatic nitrogens is 1. The van der Waals surface area contributed by atoms with Crippen LogP contribution in [0.25, 0.3) is 22.2 Å². The van der Waals surface area contributed by atoms with E-state index in [1.54, 1.807) is 0 Å². The van der Waals surface area contributed by atoms with Crippen molar-refractivity contribution in [3.8, 4) is 11.3 Å². The van der Waals surface area contributed by atoms with E-state index in [9.17, 15) is 5.11 Å². The first-order valence-electron chi connectivity index (χ1n) is 6.03. The Kier molecular flexibility index (Phi) is 3.32. The molecule has 1 heterocycles. The van der Waals surface area contributed by atoms with E-state index in [0.29, 0.717) is 0 Å². The quantitative estimate of drug-likeness (QED) is 0.770. The molecule has 3 aromatic rings. The van der Waals surface area contributed by atoms with Crippen molar-refractivity contribution in [3.05, 3.63) is 64.6 Å². The second-order valence-electron chi connectivity index (χ2n) is 4.35. The van der Waals surface area contributed by atoms with E-state index in [1.807, 2.05) is 54.6 Å². The molecule has 2 nitrogen and oxygen atoms in total. The molecule has 0 saturated carbocycles. The number of rotatable bonds is 2. The summed E-state index contributed by atoms with van der Waals surface area (Å²) in [7, 11) is 0. The predicted octanol–water partition coefficient (Wildman–Crippen LogP) is 4.16. The average molecular weight is 314 g/mol. The van der Waals surface area contributed by atoms with E-state index >= 15 is 0 Å². The van der Waals surface area contributed by atoms with Gasteiger partial charge in [0, 0.05) is 15.4 Å². The van der Waals surface area contributed by atoms with E-state index in [2.05, 4.69) is 20.9 Å². The van der Waals surface area contributed by atoms with Gasteiger partial charge in [0.15, 0.2) is 0 Å². The summed E-state index contributed by atoms with van der Waals surface area (Å²) in [4.78, 5) is 4.66. The number of hydrogen-bond acceptors (Lipinski definition) is 2. The molecule has 1 N–H and O–H groups in total. The summed E-state index contributed by atoms with van der Waals surface area (Å²) in [5.74, 6) is 0. The van der Waals surface area contributed by atoms with Gasteiger partial charge in [0.2, 0.25) is 0 Å². The highest BCUT2D eigenvalue weighted by Gasteiger charge is 2.06. The maximum Gasteiger partial charge on any atom is 0.0713 e. The third-order valence-electron chi connectivity index (χ3n) is 3.11. The molecule has 94 valence electrons. The number of benzene rings is 2. The van der Waals surface area contributed by atoms with Crippen LogP contribution < -0.4 is 0 Å². The van der Waals surface area contributed by atoms with E-state index in [4.69, 9.17) is 0 Å². The molecule has 0 amide bonds. The fourth-order valence-electron chi connectivity index (χ4n) is 2.15. The number of para-hydroxylation sites is 1. The minimum absolute atomic E-state index is 0.0204. The van der Waals surface area contributed by atoms with Gasteiger partial charge in [-0.1, -0.05) is 46.3 Å². The normalized spacial score (nSPS) is 10.8. The third kappa shape index (κ3) is 2.39. The van der Waals surface area contributed by atoms with Crippen molar-refractivity contribution in [2.24, 2.45) is 0 Å². The Balaban J connectivity index is 2.22. The summed E-state index contributed by atoms with van der Waals surface area (Å²) in [5, 5.41) is 10.5. The number of aliphatic hydroxyl groups excluding tert-OH is 1. The van der Waals surface area contributed by atoms with Gasteiger partial charge in [-0.25, -0.2) is 4.98 Å². The van der Waals surface area contributed by atoms with Crippen molar-refractivity contribution in [1.82, 2.24) is 4.98 Å². The molecule has 0 aliphatic rings. The third-order valence-corrected chi connectivity index (χ3v) is 3.64. The zero-order valence-corrected chi connectivity index (χ0v) is 11.8. The van der Waals surface area contributed by atoms with Gasteiger partial charge in [-0.2, -0.15) is 0 Å².